The Morgan fingerprint density at radius 2 is 2.12 bits per heavy atom. The van der Waals surface area contributed by atoms with Gasteiger partial charge in [0.25, 0.3) is 0 Å². The molecule has 2 rings (SSSR count). The molecular formula is C19H31N3O2. The van der Waals surface area contributed by atoms with Crippen molar-refractivity contribution in [3.63, 3.8) is 0 Å². The quantitative estimate of drug-likeness (QED) is 0.784. The number of carbonyl (C=O) groups excluding carboxylic acids is 1. The van der Waals surface area contributed by atoms with Gasteiger partial charge in [-0.1, -0.05) is 37.3 Å². The minimum atomic E-state index is 0.106. The third-order valence-corrected chi connectivity index (χ3v) is 4.47. The molecule has 5 heteroatoms. The first-order valence-corrected chi connectivity index (χ1v) is 8.88. The van der Waals surface area contributed by atoms with Gasteiger partial charge in [0.15, 0.2) is 0 Å². The first-order valence-electron chi connectivity index (χ1n) is 8.88. The van der Waals surface area contributed by atoms with E-state index in [1.54, 1.807) is 0 Å². The van der Waals surface area contributed by atoms with E-state index in [4.69, 9.17) is 4.74 Å². The van der Waals surface area contributed by atoms with Gasteiger partial charge >= 0.3 is 0 Å². The molecule has 0 spiro atoms. The van der Waals surface area contributed by atoms with Crippen LogP contribution in [-0.2, 0) is 9.53 Å². The largest absolute Gasteiger partial charge is 0.374 e. The Kier molecular flexibility index (Phi) is 7.69. The number of hydrogen-bond donors (Lipinski definition) is 1. The molecule has 0 aliphatic carbocycles. The Labute approximate surface area is 146 Å². The number of morpholine rings is 1. The highest BCUT2D eigenvalue weighted by atomic mass is 16.5. The van der Waals surface area contributed by atoms with E-state index in [1.807, 2.05) is 20.2 Å². The van der Waals surface area contributed by atoms with Crippen molar-refractivity contribution in [3.05, 3.63) is 35.9 Å². The molecule has 1 saturated heterocycles. The number of benzene rings is 1. The van der Waals surface area contributed by atoms with Crippen LogP contribution in [0.2, 0.25) is 0 Å². The van der Waals surface area contributed by atoms with Crippen molar-refractivity contribution >= 4 is 5.91 Å². The van der Waals surface area contributed by atoms with Crippen molar-refractivity contribution in [2.45, 2.75) is 25.4 Å². The van der Waals surface area contributed by atoms with Gasteiger partial charge in [-0.2, -0.15) is 0 Å². The fourth-order valence-electron chi connectivity index (χ4n) is 3.16. The van der Waals surface area contributed by atoms with E-state index in [9.17, 15) is 4.79 Å². The lowest BCUT2D eigenvalue weighted by molar-refractivity contribution is -0.124. The maximum Gasteiger partial charge on any atom is 0.234 e. The van der Waals surface area contributed by atoms with Crippen molar-refractivity contribution in [2.75, 3.05) is 53.4 Å². The molecule has 134 valence electrons. The maximum absolute atomic E-state index is 12.3. The predicted molar refractivity (Wildman–Crippen MR) is 97.2 cm³/mol. The van der Waals surface area contributed by atoms with E-state index >= 15 is 0 Å². The summed E-state index contributed by atoms with van der Waals surface area (Å²) < 4.78 is 5.76. The smallest absolute Gasteiger partial charge is 0.234 e. The van der Waals surface area contributed by atoms with Crippen molar-refractivity contribution < 1.29 is 9.53 Å². The SMILES string of the molecule is CC[C@@H](CNC(=O)CN1CCO[C@H](CN(C)C)C1)c1ccccc1. The number of nitrogens with zero attached hydrogens (tertiary/aromatic N) is 2. The molecule has 0 saturated carbocycles. The first-order chi connectivity index (χ1) is 11.6. The number of rotatable bonds is 8. The summed E-state index contributed by atoms with van der Waals surface area (Å²) >= 11 is 0. The van der Waals surface area contributed by atoms with Crippen LogP contribution in [-0.4, -0.2) is 75.2 Å². The Morgan fingerprint density at radius 3 is 2.79 bits per heavy atom. The lowest BCUT2D eigenvalue weighted by Crippen LogP contribution is -2.49. The zero-order valence-corrected chi connectivity index (χ0v) is 15.2. The lowest BCUT2D eigenvalue weighted by atomic mass is 9.96. The normalized spacial score (nSPS) is 20.1. The molecule has 1 aliphatic heterocycles. The van der Waals surface area contributed by atoms with Gasteiger partial charge in [-0.05, 0) is 26.1 Å². The molecule has 1 aromatic carbocycles. The van der Waals surface area contributed by atoms with E-state index < -0.39 is 0 Å². The Hall–Kier alpha value is -1.43. The highest BCUT2D eigenvalue weighted by Crippen LogP contribution is 2.17. The van der Waals surface area contributed by atoms with Gasteiger partial charge in [0.2, 0.25) is 5.91 Å². The summed E-state index contributed by atoms with van der Waals surface area (Å²) in [5.74, 6) is 0.483. The summed E-state index contributed by atoms with van der Waals surface area (Å²) in [6.45, 7) is 6.56. The van der Waals surface area contributed by atoms with Crippen LogP contribution in [0.15, 0.2) is 30.3 Å². The molecule has 0 radical (unpaired) electrons. The van der Waals surface area contributed by atoms with E-state index in [0.29, 0.717) is 25.6 Å². The van der Waals surface area contributed by atoms with Crippen LogP contribution >= 0.6 is 0 Å². The fraction of sp³-hybridized carbons (Fsp3) is 0.632. The second kappa shape index (κ2) is 9.77. The van der Waals surface area contributed by atoms with Crippen LogP contribution in [0.3, 0.4) is 0 Å². The van der Waals surface area contributed by atoms with Gasteiger partial charge in [-0.25, -0.2) is 0 Å². The summed E-state index contributed by atoms with van der Waals surface area (Å²) in [7, 11) is 4.09. The number of nitrogens with one attached hydrogen (secondary N) is 1. The molecular weight excluding hydrogens is 302 g/mol. The molecule has 1 fully saturated rings. The molecule has 0 bridgehead atoms. The first kappa shape index (κ1) is 18.9. The molecule has 0 unspecified atom stereocenters. The highest BCUT2D eigenvalue weighted by molar-refractivity contribution is 5.78. The van der Waals surface area contributed by atoms with Crippen LogP contribution < -0.4 is 5.32 Å². The second-order valence-electron chi connectivity index (χ2n) is 6.81. The number of likely N-dealkylation sites (N-methyl/N-ethyl adjacent to an activating group) is 1. The summed E-state index contributed by atoms with van der Waals surface area (Å²) in [5.41, 5.74) is 1.29. The molecule has 1 N–H and O–H groups in total. The third kappa shape index (κ3) is 6.23. The maximum atomic E-state index is 12.3. The van der Waals surface area contributed by atoms with E-state index in [0.717, 1.165) is 26.1 Å². The summed E-state index contributed by atoms with van der Waals surface area (Å²) in [6.07, 6.45) is 1.21. The molecule has 2 atom stereocenters. The van der Waals surface area contributed by atoms with Gasteiger partial charge < -0.3 is 15.0 Å². The van der Waals surface area contributed by atoms with Gasteiger partial charge in [0.05, 0.1) is 19.3 Å². The standard InChI is InChI=1S/C19H31N3O2/c1-4-16(17-8-6-5-7-9-17)12-20-19(23)15-22-10-11-24-18(14-22)13-21(2)3/h5-9,16,18H,4,10-15H2,1-3H3,(H,20,23)/t16-,18+/m0/s1. The summed E-state index contributed by atoms with van der Waals surface area (Å²) in [6, 6.07) is 10.4. The van der Waals surface area contributed by atoms with Crippen molar-refractivity contribution in [1.29, 1.82) is 0 Å². The van der Waals surface area contributed by atoms with Crippen LogP contribution in [0.1, 0.15) is 24.8 Å². The Morgan fingerprint density at radius 1 is 1.38 bits per heavy atom. The Balaban J connectivity index is 1.76. The van der Waals surface area contributed by atoms with Crippen LogP contribution in [0.5, 0.6) is 0 Å². The highest BCUT2D eigenvalue weighted by Gasteiger charge is 2.22. The monoisotopic (exact) mass is 333 g/mol. The zero-order valence-electron chi connectivity index (χ0n) is 15.2. The average molecular weight is 333 g/mol. The summed E-state index contributed by atoms with van der Waals surface area (Å²) in [4.78, 5) is 16.6. The number of hydrogen-bond acceptors (Lipinski definition) is 4. The second-order valence-corrected chi connectivity index (χ2v) is 6.81. The van der Waals surface area contributed by atoms with Crippen LogP contribution in [0, 0.1) is 0 Å². The molecule has 1 heterocycles. The van der Waals surface area contributed by atoms with E-state index in [2.05, 4.69) is 46.3 Å². The minimum Gasteiger partial charge on any atom is -0.374 e. The number of carbonyl (C=O) groups is 1. The molecule has 24 heavy (non-hydrogen) atoms. The van der Waals surface area contributed by atoms with E-state index in [1.165, 1.54) is 5.56 Å². The van der Waals surface area contributed by atoms with Crippen LogP contribution in [0.25, 0.3) is 0 Å². The van der Waals surface area contributed by atoms with Crippen molar-refractivity contribution in [2.24, 2.45) is 0 Å². The van der Waals surface area contributed by atoms with Gasteiger partial charge in [-0.3, -0.25) is 9.69 Å². The van der Waals surface area contributed by atoms with Gasteiger partial charge in [0, 0.05) is 32.1 Å². The fourth-order valence-corrected chi connectivity index (χ4v) is 3.16. The summed E-state index contributed by atoms with van der Waals surface area (Å²) in [5, 5.41) is 3.10. The average Bonchev–Trinajstić information content (AvgIpc) is 2.56. The lowest BCUT2D eigenvalue weighted by Gasteiger charge is -2.33. The molecule has 0 aromatic heterocycles. The van der Waals surface area contributed by atoms with Gasteiger partial charge in [0.1, 0.15) is 0 Å². The van der Waals surface area contributed by atoms with Crippen molar-refractivity contribution in [1.82, 2.24) is 15.1 Å². The Bertz CT molecular complexity index is 493. The molecule has 1 aliphatic rings. The molecule has 1 amide bonds. The van der Waals surface area contributed by atoms with Crippen LogP contribution in [0.4, 0.5) is 0 Å². The minimum absolute atomic E-state index is 0.106. The topological polar surface area (TPSA) is 44.8 Å². The molecule has 1 aromatic rings. The zero-order chi connectivity index (χ0) is 17.4. The molecule has 5 nitrogen and oxygen atoms in total. The van der Waals surface area contributed by atoms with Crippen molar-refractivity contribution in [3.8, 4) is 0 Å². The third-order valence-electron chi connectivity index (χ3n) is 4.47. The number of ether oxygens (including phenoxy) is 1. The predicted octanol–water partition coefficient (Wildman–Crippen LogP) is 1.56. The van der Waals surface area contributed by atoms with E-state index in [-0.39, 0.29) is 12.0 Å². The number of amides is 1. The van der Waals surface area contributed by atoms with Gasteiger partial charge in [-0.15, -0.1) is 0 Å².